The van der Waals surface area contributed by atoms with Crippen molar-refractivity contribution >= 4 is 23.7 Å². The van der Waals surface area contributed by atoms with Crippen LogP contribution in [0, 0.1) is 50.2 Å². The number of carbonyl (C=O) groups excluding carboxylic acids is 4. The molecule has 0 amide bonds. The predicted molar refractivity (Wildman–Crippen MR) is 158 cm³/mol. The number of methoxy groups -OCH3 is 1. The summed E-state index contributed by atoms with van der Waals surface area (Å²) in [5, 5.41) is 0. The van der Waals surface area contributed by atoms with Crippen molar-refractivity contribution in [2.75, 3.05) is 13.7 Å². The molecule has 0 aliphatic heterocycles. The maximum atomic E-state index is 14.6. The van der Waals surface area contributed by atoms with E-state index in [0.29, 0.717) is 19.4 Å². The second-order valence-corrected chi connectivity index (χ2v) is 16.2. The average molecular weight is 585 g/mol. The second-order valence-electron chi connectivity index (χ2n) is 16.2. The molecule has 0 aromatic rings. The molecule has 4 fully saturated rings. The Bertz CT molecular complexity index is 1220. The molecule has 0 bridgehead atoms. The van der Waals surface area contributed by atoms with Crippen molar-refractivity contribution in [3.05, 3.63) is 11.6 Å². The molecule has 9 unspecified atom stereocenters. The molecule has 5 rings (SSSR count). The summed E-state index contributed by atoms with van der Waals surface area (Å²) in [6, 6.07) is 0. The van der Waals surface area contributed by atoms with Gasteiger partial charge in [-0.15, -0.1) is 0 Å². The fourth-order valence-electron chi connectivity index (χ4n) is 11.3. The summed E-state index contributed by atoms with van der Waals surface area (Å²) in [6.45, 7) is 16.8. The number of carbonyl (C=O) groups is 4. The number of hydrogen-bond acceptors (Lipinski definition) is 7. The first-order valence-electron chi connectivity index (χ1n) is 16.1. The highest BCUT2D eigenvalue weighted by atomic mass is 16.5. The molecule has 0 N–H and O–H groups in total. The maximum absolute atomic E-state index is 14.6. The van der Waals surface area contributed by atoms with Gasteiger partial charge in [-0.25, -0.2) is 0 Å². The van der Waals surface area contributed by atoms with Gasteiger partial charge in [0.25, 0.3) is 0 Å². The Hall–Kier alpha value is -2.18. The van der Waals surface area contributed by atoms with Crippen molar-refractivity contribution in [2.24, 2.45) is 50.2 Å². The number of ketones is 1. The number of rotatable bonds is 4. The van der Waals surface area contributed by atoms with Crippen molar-refractivity contribution in [1.29, 1.82) is 0 Å². The summed E-state index contributed by atoms with van der Waals surface area (Å²) in [4.78, 5) is 51.6. The number of allylic oxidation sites excluding steroid dienone is 2. The third kappa shape index (κ3) is 4.25. The summed E-state index contributed by atoms with van der Waals surface area (Å²) in [5.41, 5.74) is -0.710. The van der Waals surface area contributed by atoms with E-state index in [9.17, 15) is 19.2 Å². The monoisotopic (exact) mass is 584 g/mol. The minimum Gasteiger partial charge on any atom is -0.469 e. The fourth-order valence-corrected chi connectivity index (χ4v) is 11.3. The molecule has 5 aliphatic rings. The van der Waals surface area contributed by atoms with Crippen LogP contribution in [0.1, 0.15) is 113 Å². The molecule has 0 heterocycles. The second kappa shape index (κ2) is 9.92. The van der Waals surface area contributed by atoms with E-state index in [-0.39, 0.29) is 74.6 Å². The highest BCUT2D eigenvalue weighted by Crippen LogP contribution is 2.75. The first-order chi connectivity index (χ1) is 19.4. The molecule has 0 aromatic heterocycles. The Morgan fingerprint density at radius 1 is 0.881 bits per heavy atom. The minimum atomic E-state index is -0.651. The van der Waals surface area contributed by atoms with E-state index in [1.165, 1.54) is 21.0 Å². The van der Waals surface area contributed by atoms with Crippen LogP contribution in [0.15, 0.2) is 11.6 Å². The SMILES string of the molecule is COC(=O)C1(C)CCC2(COC(C)=O)CCC3(C)C(=CC(=O)C4C5(C)CCC(OC(C)=O)C(C)(C)C5CCC43C)C2C1. The van der Waals surface area contributed by atoms with Gasteiger partial charge in [0, 0.05) is 30.6 Å². The largest absolute Gasteiger partial charge is 0.469 e. The van der Waals surface area contributed by atoms with Gasteiger partial charge < -0.3 is 14.2 Å². The van der Waals surface area contributed by atoms with E-state index in [0.717, 1.165) is 50.5 Å². The number of fused-ring (bicyclic) bond motifs is 7. The van der Waals surface area contributed by atoms with Crippen molar-refractivity contribution in [1.82, 2.24) is 0 Å². The van der Waals surface area contributed by atoms with Crippen LogP contribution >= 0.6 is 0 Å². The van der Waals surface area contributed by atoms with Crippen molar-refractivity contribution in [3.8, 4) is 0 Å². The van der Waals surface area contributed by atoms with Crippen molar-refractivity contribution < 1.29 is 33.4 Å². The van der Waals surface area contributed by atoms with Gasteiger partial charge in [-0.2, -0.15) is 0 Å². The van der Waals surface area contributed by atoms with Crippen LogP contribution in [-0.4, -0.2) is 43.5 Å². The Labute approximate surface area is 251 Å². The molecule has 42 heavy (non-hydrogen) atoms. The third-order valence-electron chi connectivity index (χ3n) is 13.8. The number of ether oxygens (including phenoxy) is 3. The van der Waals surface area contributed by atoms with E-state index in [1.807, 2.05) is 13.0 Å². The lowest BCUT2D eigenvalue weighted by atomic mass is 9.33. The van der Waals surface area contributed by atoms with Crippen LogP contribution < -0.4 is 0 Å². The van der Waals surface area contributed by atoms with Crippen molar-refractivity contribution in [2.45, 2.75) is 119 Å². The maximum Gasteiger partial charge on any atom is 0.311 e. The smallest absolute Gasteiger partial charge is 0.311 e. The molecule has 0 aromatic carbocycles. The van der Waals surface area contributed by atoms with Gasteiger partial charge in [-0.05, 0) is 98.9 Å². The van der Waals surface area contributed by atoms with Gasteiger partial charge in [0.15, 0.2) is 5.78 Å². The number of esters is 3. The molecular formula is C35H52O7. The van der Waals surface area contributed by atoms with Crippen LogP contribution in [0.4, 0.5) is 0 Å². The number of hydrogen-bond donors (Lipinski definition) is 0. The van der Waals surface area contributed by atoms with E-state index in [1.54, 1.807) is 0 Å². The molecular weight excluding hydrogens is 532 g/mol. The summed E-state index contributed by atoms with van der Waals surface area (Å²) in [6.07, 6.45) is 9.18. The third-order valence-corrected chi connectivity index (χ3v) is 13.8. The lowest BCUT2D eigenvalue weighted by Gasteiger charge is -2.70. The molecule has 7 heteroatoms. The van der Waals surface area contributed by atoms with Crippen LogP contribution in [0.3, 0.4) is 0 Å². The summed E-state index contributed by atoms with van der Waals surface area (Å²) in [7, 11) is 1.45. The zero-order valence-electron chi connectivity index (χ0n) is 27.3. The molecule has 9 atom stereocenters. The molecule has 0 radical (unpaired) electrons. The van der Waals surface area contributed by atoms with Gasteiger partial charge in [0.05, 0.1) is 19.1 Å². The Morgan fingerprint density at radius 3 is 2.17 bits per heavy atom. The summed E-state index contributed by atoms with van der Waals surface area (Å²) < 4.78 is 16.8. The Kier molecular flexibility index (Phi) is 7.38. The zero-order chi connectivity index (χ0) is 31.1. The lowest BCUT2D eigenvalue weighted by Crippen LogP contribution is -2.67. The van der Waals surface area contributed by atoms with Crippen LogP contribution in [0.25, 0.3) is 0 Å². The molecule has 0 saturated heterocycles. The molecule has 4 saturated carbocycles. The quantitative estimate of drug-likeness (QED) is 0.271. The van der Waals surface area contributed by atoms with Crippen LogP contribution in [0.5, 0.6) is 0 Å². The molecule has 0 spiro atoms. The lowest BCUT2D eigenvalue weighted by molar-refractivity contribution is -0.212. The average Bonchev–Trinajstić information content (AvgIpc) is 2.90. The Morgan fingerprint density at radius 2 is 1.55 bits per heavy atom. The molecule has 5 aliphatic carbocycles. The molecule has 7 nitrogen and oxygen atoms in total. The Balaban J connectivity index is 1.59. The first-order valence-corrected chi connectivity index (χ1v) is 16.1. The minimum absolute atomic E-state index is 0.0446. The highest BCUT2D eigenvalue weighted by molar-refractivity contribution is 5.95. The van der Waals surface area contributed by atoms with Gasteiger partial charge in [-0.3, -0.25) is 19.2 Å². The van der Waals surface area contributed by atoms with E-state index < -0.39 is 5.41 Å². The van der Waals surface area contributed by atoms with Gasteiger partial charge in [-0.1, -0.05) is 40.2 Å². The van der Waals surface area contributed by atoms with Crippen LogP contribution in [-0.2, 0) is 33.4 Å². The van der Waals surface area contributed by atoms with Gasteiger partial charge >= 0.3 is 17.9 Å². The zero-order valence-corrected chi connectivity index (χ0v) is 27.3. The van der Waals surface area contributed by atoms with Gasteiger partial charge in [0.2, 0.25) is 0 Å². The van der Waals surface area contributed by atoms with E-state index in [4.69, 9.17) is 14.2 Å². The van der Waals surface area contributed by atoms with E-state index >= 15 is 0 Å². The van der Waals surface area contributed by atoms with Gasteiger partial charge in [0.1, 0.15) is 6.10 Å². The normalized spacial score (nSPS) is 45.6. The van der Waals surface area contributed by atoms with Crippen molar-refractivity contribution in [3.63, 3.8) is 0 Å². The van der Waals surface area contributed by atoms with Crippen LogP contribution in [0.2, 0.25) is 0 Å². The van der Waals surface area contributed by atoms with E-state index in [2.05, 4.69) is 34.6 Å². The summed E-state index contributed by atoms with van der Waals surface area (Å²) >= 11 is 0. The fraction of sp³-hybridized carbons (Fsp3) is 0.829. The topological polar surface area (TPSA) is 96.0 Å². The summed E-state index contributed by atoms with van der Waals surface area (Å²) in [5.74, 6) is -0.458. The standard InChI is InChI=1S/C35H52O7/c1-21(36)41-20-35-16-14-31(5,29(39)40-9)19-24(35)23-18-25(38)28-32(6)12-11-27(42-22(2)37)30(3,4)26(32)10-13-34(28,8)33(23,7)15-17-35/h18,24,26-28H,10-17,19-20H2,1-9H3. The first kappa shape index (κ1) is 31.3. The highest BCUT2D eigenvalue weighted by Gasteiger charge is 2.71. The predicted octanol–water partition coefficient (Wildman–Crippen LogP) is 6.62. The molecule has 234 valence electrons.